The first-order valence-electron chi connectivity index (χ1n) is 6.70. The van der Waals surface area contributed by atoms with Gasteiger partial charge in [0, 0.05) is 29.2 Å². The van der Waals surface area contributed by atoms with E-state index in [4.69, 9.17) is 0 Å². The summed E-state index contributed by atoms with van der Waals surface area (Å²) in [5.74, 6) is 0. The van der Waals surface area contributed by atoms with Gasteiger partial charge >= 0.3 is 6.03 Å². The third-order valence-electron chi connectivity index (χ3n) is 2.62. The molecule has 1 aromatic heterocycles. The molecule has 0 unspecified atom stereocenters. The van der Waals surface area contributed by atoms with Gasteiger partial charge in [0.25, 0.3) is 0 Å². The zero-order valence-corrected chi connectivity index (χ0v) is 13.5. The van der Waals surface area contributed by atoms with E-state index in [1.165, 1.54) is 0 Å². The topological polar surface area (TPSA) is 66.0 Å². The fraction of sp³-hybridized carbons (Fsp3) is 0.333. The predicted octanol–water partition coefficient (Wildman–Crippen LogP) is 3.77. The number of thiazole rings is 1. The highest BCUT2D eigenvalue weighted by molar-refractivity contribution is 7.14. The van der Waals surface area contributed by atoms with Gasteiger partial charge in [0.1, 0.15) is 0 Å². The lowest BCUT2D eigenvalue weighted by atomic mass is 10.1. The third kappa shape index (κ3) is 4.46. The first kappa shape index (κ1) is 15.3. The molecule has 0 saturated carbocycles. The molecular weight excluding hydrogens is 284 g/mol. The van der Waals surface area contributed by atoms with Crippen LogP contribution >= 0.6 is 11.3 Å². The number of amides is 2. The molecule has 6 heteroatoms. The van der Waals surface area contributed by atoms with Gasteiger partial charge in [-0.15, -0.1) is 11.3 Å². The molecule has 21 heavy (non-hydrogen) atoms. The average Bonchev–Trinajstić information content (AvgIpc) is 2.85. The summed E-state index contributed by atoms with van der Waals surface area (Å²) < 4.78 is 0. The molecule has 0 radical (unpaired) electrons. The van der Waals surface area contributed by atoms with E-state index in [0.717, 1.165) is 22.1 Å². The molecule has 0 aliphatic heterocycles. The second-order valence-corrected chi connectivity index (χ2v) is 6.56. The molecule has 2 amide bonds. The van der Waals surface area contributed by atoms with Gasteiger partial charge in [-0.3, -0.25) is 0 Å². The number of hydrogen-bond donors (Lipinski definition) is 3. The molecule has 0 bridgehead atoms. The molecule has 2 rings (SSSR count). The van der Waals surface area contributed by atoms with Crippen LogP contribution in [0.2, 0.25) is 0 Å². The first-order chi connectivity index (χ1) is 9.87. The number of urea groups is 1. The van der Waals surface area contributed by atoms with Crippen LogP contribution in [0.1, 0.15) is 20.8 Å². The van der Waals surface area contributed by atoms with Crippen molar-refractivity contribution in [3.63, 3.8) is 0 Å². The molecule has 0 saturated heterocycles. The van der Waals surface area contributed by atoms with Crippen molar-refractivity contribution in [1.29, 1.82) is 0 Å². The summed E-state index contributed by atoms with van der Waals surface area (Å²) in [5, 5.41) is 11.6. The minimum absolute atomic E-state index is 0.214. The molecular formula is C15H20N4OS. The normalized spacial score (nSPS) is 11.0. The maximum atomic E-state index is 11.9. The van der Waals surface area contributed by atoms with Crippen LogP contribution in [0.25, 0.3) is 11.3 Å². The van der Waals surface area contributed by atoms with Gasteiger partial charge in [0.2, 0.25) is 0 Å². The summed E-state index contributed by atoms with van der Waals surface area (Å²) in [6, 6.07) is 7.43. The van der Waals surface area contributed by atoms with E-state index in [1.54, 1.807) is 11.3 Å². The minimum Gasteiger partial charge on any atom is -0.365 e. The third-order valence-corrected chi connectivity index (χ3v) is 3.48. The maximum absolute atomic E-state index is 11.9. The van der Waals surface area contributed by atoms with E-state index in [9.17, 15) is 4.79 Å². The average molecular weight is 304 g/mol. The number of nitrogens with one attached hydrogen (secondary N) is 3. The standard InChI is InChI=1S/C15H20N4OS/c1-15(2,3)19-13(20)17-11-7-5-6-10(8-11)12-9-21-14(16-4)18-12/h5-9H,1-4H3,(H,16,18)(H2,17,19,20). The van der Waals surface area contributed by atoms with Crippen LogP contribution in [0.15, 0.2) is 29.6 Å². The Kier molecular flexibility index (Phi) is 4.47. The predicted molar refractivity (Wildman–Crippen MR) is 89.0 cm³/mol. The SMILES string of the molecule is CNc1nc(-c2cccc(NC(=O)NC(C)(C)C)c2)cs1. The molecule has 112 valence electrons. The molecule has 0 aliphatic rings. The second-order valence-electron chi connectivity index (χ2n) is 5.70. The van der Waals surface area contributed by atoms with Crippen molar-refractivity contribution in [3.05, 3.63) is 29.6 Å². The van der Waals surface area contributed by atoms with E-state index in [1.807, 2.05) is 57.5 Å². The number of aromatic nitrogens is 1. The molecule has 5 nitrogen and oxygen atoms in total. The van der Waals surface area contributed by atoms with Crippen LogP contribution in [-0.4, -0.2) is 23.6 Å². The van der Waals surface area contributed by atoms with E-state index < -0.39 is 0 Å². The summed E-state index contributed by atoms with van der Waals surface area (Å²) in [6.45, 7) is 5.83. The Morgan fingerprint density at radius 2 is 2.05 bits per heavy atom. The van der Waals surface area contributed by atoms with Crippen LogP contribution in [0.5, 0.6) is 0 Å². The Balaban J connectivity index is 2.12. The van der Waals surface area contributed by atoms with Crippen LogP contribution in [0.4, 0.5) is 15.6 Å². The number of carbonyl (C=O) groups is 1. The molecule has 0 fully saturated rings. The summed E-state index contributed by atoms with van der Waals surface area (Å²) in [6.07, 6.45) is 0. The van der Waals surface area contributed by atoms with Crippen LogP contribution < -0.4 is 16.0 Å². The minimum atomic E-state index is -0.266. The summed E-state index contributed by atoms with van der Waals surface area (Å²) in [4.78, 5) is 16.3. The van der Waals surface area contributed by atoms with E-state index in [-0.39, 0.29) is 11.6 Å². The van der Waals surface area contributed by atoms with Gasteiger partial charge in [0.05, 0.1) is 5.69 Å². The fourth-order valence-corrected chi connectivity index (χ4v) is 2.46. The fourth-order valence-electron chi connectivity index (χ4n) is 1.78. The van der Waals surface area contributed by atoms with Crippen molar-refractivity contribution in [3.8, 4) is 11.3 Å². The van der Waals surface area contributed by atoms with Crippen molar-refractivity contribution in [1.82, 2.24) is 10.3 Å². The van der Waals surface area contributed by atoms with Crippen LogP contribution in [0, 0.1) is 0 Å². The number of nitrogens with zero attached hydrogens (tertiary/aromatic N) is 1. The Bertz CT molecular complexity index is 631. The Labute approximate surface area is 128 Å². The van der Waals surface area contributed by atoms with Gasteiger partial charge in [-0.1, -0.05) is 12.1 Å². The molecule has 0 atom stereocenters. The van der Waals surface area contributed by atoms with Crippen molar-refractivity contribution in [2.45, 2.75) is 26.3 Å². The van der Waals surface area contributed by atoms with Crippen molar-refractivity contribution in [2.24, 2.45) is 0 Å². The van der Waals surface area contributed by atoms with Crippen molar-refractivity contribution < 1.29 is 4.79 Å². The van der Waals surface area contributed by atoms with Crippen LogP contribution in [0.3, 0.4) is 0 Å². The second kappa shape index (κ2) is 6.13. The molecule has 1 aromatic carbocycles. The number of anilines is 2. The highest BCUT2D eigenvalue weighted by Crippen LogP contribution is 2.26. The highest BCUT2D eigenvalue weighted by atomic mass is 32.1. The zero-order chi connectivity index (χ0) is 15.5. The quantitative estimate of drug-likeness (QED) is 0.808. The van der Waals surface area contributed by atoms with Crippen molar-refractivity contribution >= 4 is 28.2 Å². The Morgan fingerprint density at radius 3 is 2.67 bits per heavy atom. The van der Waals surface area contributed by atoms with E-state index in [2.05, 4.69) is 20.9 Å². The van der Waals surface area contributed by atoms with Gasteiger partial charge < -0.3 is 16.0 Å². The lowest BCUT2D eigenvalue weighted by molar-refractivity contribution is 0.244. The molecule has 2 aromatic rings. The molecule has 0 spiro atoms. The monoisotopic (exact) mass is 304 g/mol. The summed E-state index contributed by atoms with van der Waals surface area (Å²) in [7, 11) is 1.84. The smallest absolute Gasteiger partial charge is 0.319 e. The van der Waals surface area contributed by atoms with Gasteiger partial charge in [-0.25, -0.2) is 9.78 Å². The lowest BCUT2D eigenvalue weighted by Crippen LogP contribution is -2.43. The number of benzene rings is 1. The van der Waals surface area contributed by atoms with Crippen molar-refractivity contribution in [2.75, 3.05) is 17.7 Å². The molecule has 0 aliphatic carbocycles. The lowest BCUT2D eigenvalue weighted by Gasteiger charge is -2.20. The number of hydrogen-bond acceptors (Lipinski definition) is 4. The summed E-state index contributed by atoms with van der Waals surface area (Å²) in [5.41, 5.74) is 2.34. The molecule has 1 heterocycles. The van der Waals surface area contributed by atoms with Gasteiger partial charge in [-0.05, 0) is 32.9 Å². The van der Waals surface area contributed by atoms with Gasteiger partial charge in [0.15, 0.2) is 5.13 Å². The molecule has 3 N–H and O–H groups in total. The largest absolute Gasteiger partial charge is 0.365 e. The van der Waals surface area contributed by atoms with Crippen LogP contribution in [-0.2, 0) is 0 Å². The Hall–Kier alpha value is -2.08. The maximum Gasteiger partial charge on any atom is 0.319 e. The first-order valence-corrected chi connectivity index (χ1v) is 7.58. The Morgan fingerprint density at radius 1 is 1.29 bits per heavy atom. The van der Waals surface area contributed by atoms with E-state index >= 15 is 0 Å². The number of carbonyl (C=O) groups excluding carboxylic acids is 1. The number of rotatable bonds is 3. The zero-order valence-electron chi connectivity index (χ0n) is 12.7. The van der Waals surface area contributed by atoms with E-state index in [0.29, 0.717) is 0 Å². The van der Waals surface area contributed by atoms with Gasteiger partial charge in [-0.2, -0.15) is 0 Å². The summed E-state index contributed by atoms with van der Waals surface area (Å²) >= 11 is 1.55. The highest BCUT2D eigenvalue weighted by Gasteiger charge is 2.13.